The van der Waals surface area contributed by atoms with Gasteiger partial charge in [0.1, 0.15) is 12.2 Å². The highest BCUT2D eigenvalue weighted by Gasteiger charge is 2.73. The Labute approximate surface area is 247 Å². The molecule has 0 aromatic heterocycles. The van der Waals surface area contributed by atoms with Crippen molar-refractivity contribution in [2.24, 2.45) is 45.3 Å². The predicted molar refractivity (Wildman–Crippen MR) is 156 cm³/mol. The Kier molecular flexibility index (Phi) is 7.36. The molecule has 0 aromatic rings. The van der Waals surface area contributed by atoms with Gasteiger partial charge in [0, 0.05) is 31.1 Å². The first-order chi connectivity index (χ1) is 18.7. The van der Waals surface area contributed by atoms with Crippen molar-refractivity contribution in [2.75, 3.05) is 0 Å². The van der Waals surface area contributed by atoms with Gasteiger partial charge in [0.05, 0.1) is 23.4 Å². The third-order valence-electron chi connectivity index (χ3n) is 13.7. The Bertz CT molecular complexity index is 1060. The normalized spacial score (nSPS) is 50.8. The molecule has 0 unspecified atom stereocenters. The van der Waals surface area contributed by atoms with E-state index < -0.39 is 17.3 Å². The third kappa shape index (κ3) is 4.53. The molecule has 0 bridgehead atoms. The largest absolute Gasteiger partial charge is 0.462 e. The highest BCUT2D eigenvalue weighted by atomic mass is 16.6. The molecule has 1 heterocycles. The van der Waals surface area contributed by atoms with Crippen LogP contribution in [0.1, 0.15) is 121 Å². The number of fused-ring (bicyclic) bond motifs is 5. The Hall–Kier alpha value is -1.18. The fourth-order valence-electron chi connectivity index (χ4n) is 12.0. The number of aliphatic hydroxyl groups excluding tert-OH is 1. The van der Waals surface area contributed by atoms with Crippen molar-refractivity contribution in [3.05, 3.63) is 0 Å². The quantitative estimate of drug-likeness (QED) is 0.406. The molecule has 7 heteroatoms. The summed E-state index contributed by atoms with van der Waals surface area (Å²) in [7, 11) is 0. The molecule has 1 aliphatic heterocycles. The van der Waals surface area contributed by atoms with E-state index in [0.29, 0.717) is 12.3 Å². The van der Waals surface area contributed by atoms with Gasteiger partial charge in [-0.1, -0.05) is 34.6 Å². The van der Waals surface area contributed by atoms with E-state index in [2.05, 4.69) is 41.5 Å². The Morgan fingerprint density at radius 3 is 2.02 bits per heavy atom. The highest BCUT2D eigenvalue weighted by Crippen LogP contribution is 2.75. The van der Waals surface area contributed by atoms with E-state index in [9.17, 15) is 19.8 Å². The molecule has 4 aliphatic carbocycles. The molecule has 1 saturated heterocycles. The third-order valence-corrected chi connectivity index (χ3v) is 13.7. The van der Waals surface area contributed by atoms with Crippen molar-refractivity contribution < 1.29 is 34.0 Å². The monoisotopic (exact) mass is 576 g/mol. The summed E-state index contributed by atoms with van der Waals surface area (Å²) >= 11 is 0. The van der Waals surface area contributed by atoms with Crippen LogP contribution < -0.4 is 0 Å². The van der Waals surface area contributed by atoms with Gasteiger partial charge in [-0.2, -0.15) is 0 Å². The summed E-state index contributed by atoms with van der Waals surface area (Å²) in [5, 5.41) is 22.6. The van der Waals surface area contributed by atoms with Crippen LogP contribution in [0.15, 0.2) is 0 Å². The molecule has 41 heavy (non-hydrogen) atoms. The lowest BCUT2D eigenvalue weighted by molar-refractivity contribution is -0.250. The molecule has 5 aliphatic rings. The summed E-state index contributed by atoms with van der Waals surface area (Å²) in [4.78, 5) is 24.6. The minimum Gasteiger partial charge on any atom is -0.462 e. The molecule has 0 aromatic carbocycles. The van der Waals surface area contributed by atoms with Crippen molar-refractivity contribution in [1.29, 1.82) is 0 Å². The van der Waals surface area contributed by atoms with Crippen LogP contribution in [0.25, 0.3) is 0 Å². The number of aliphatic hydroxyl groups is 2. The summed E-state index contributed by atoms with van der Waals surface area (Å²) in [6, 6.07) is 0. The molecule has 12 atom stereocenters. The zero-order valence-corrected chi connectivity index (χ0v) is 27.2. The van der Waals surface area contributed by atoms with Crippen LogP contribution in [-0.2, 0) is 23.8 Å². The minimum absolute atomic E-state index is 0.0397. The molecular weight excluding hydrogens is 520 g/mol. The number of esters is 2. The summed E-state index contributed by atoms with van der Waals surface area (Å²) in [6.45, 7) is 20.3. The maximum absolute atomic E-state index is 12.5. The van der Waals surface area contributed by atoms with Crippen molar-refractivity contribution in [3.63, 3.8) is 0 Å². The first kappa shape index (κ1) is 31.3. The fraction of sp³-hybridized carbons (Fsp3) is 0.941. The molecule has 5 rings (SSSR count). The average molecular weight is 577 g/mol. The van der Waals surface area contributed by atoms with Gasteiger partial charge in [-0.25, -0.2) is 0 Å². The molecule has 0 radical (unpaired) electrons. The zero-order chi connectivity index (χ0) is 30.6. The van der Waals surface area contributed by atoms with Crippen molar-refractivity contribution in [2.45, 2.75) is 156 Å². The van der Waals surface area contributed by atoms with Gasteiger partial charge in [-0.3, -0.25) is 9.59 Å². The van der Waals surface area contributed by atoms with Crippen LogP contribution in [0.3, 0.4) is 0 Å². The summed E-state index contributed by atoms with van der Waals surface area (Å²) in [5.41, 5.74) is -2.19. The average Bonchev–Trinajstić information content (AvgIpc) is 3.30. The molecule has 5 fully saturated rings. The molecule has 7 nitrogen and oxygen atoms in total. The van der Waals surface area contributed by atoms with E-state index >= 15 is 0 Å². The zero-order valence-electron chi connectivity index (χ0n) is 27.2. The van der Waals surface area contributed by atoms with Gasteiger partial charge >= 0.3 is 11.9 Å². The first-order valence-electron chi connectivity index (χ1n) is 16.1. The van der Waals surface area contributed by atoms with E-state index in [1.807, 2.05) is 13.8 Å². The van der Waals surface area contributed by atoms with E-state index in [4.69, 9.17) is 14.2 Å². The van der Waals surface area contributed by atoms with E-state index in [1.165, 1.54) is 13.8 Å². The maximum atomic E-state index is 12.5. The summed E-state index contributed by atoms with van der Waals surface area (Å²) in [6.07, 6.45) is 5.63. The lowest BCUT2D eigenvalue weighted by atomic mass is 9.37. The smallest absolute Gasteiger partial charge is 0.302 e. The second-order valence-corrected chi connectivity index (χ2v) is 16.8. The van der Waals surface area contributed by atoms with Crippen LogP contribution >= 0.6 is 0 Å². The van der Waals surface area contributed by atoms with Gasteiger partial charge in [0.2, 0.25) is 0 Å². The van der Waals surface area contributed by atoms with Crippen molar-refractivity contribution >= 4 is 11.9 Å². The van der Waals surface area contributed by atoms with Gasteiger partial charge in [0.25, 0.3) is 0 Å². The second-order valence-electron chi connectivity index (χ2n) is 16.8. The molecule has 4 saturated carbocycles. The van der Waals surface area contributed by atoms with E-state index in [-0.39, 0.29) is 69.7 Å². The fourth-order valence-corrected chi connectivity index (χ4v) is 12.0. The van der Waals surface area contributed by atoms with Gasteiger partial charge < -0.3 is 24.4 Å². The molecule has 2 N–H and O–H groups in total. The maximum Gasteiger partial charge on any atom is 0.302 e. The topological polar surface area (TPSA) is 102 Å². The van der Waals surface area contributed by atoms with Crippen LogP contribution in [0.2, 0.25) is 0 Å². The number of carbonyl (C=O) groups is 2. The van der Waals surface area contributed by atoms with Gasteiger partial charge in [0.15, 0.2) is 0 Å². The van der Waals surface area contributed by atoms with E-state index in [0.717, 1.165) is 44.9 Å². The molecule has 0 amide bonds. The second kappa shape index (κ2) is 9.66. The summed E-state index contributed by atoms with van der Waals surface area (Å²) in [5.74, 6) is 0.202. The van der Waals surface area contributed by atoms with Crippen molar-refractivity contribution in [1.82, 2.24) is 0 Å². The number of rotatable bonds is 4. The molecular formula is C34H56O7. The van der Waals surface area contributed by atoms with E-state index in [1.54, 1.807) is 0 Å². The Balaban J connectivity index is 1.53. The SMILES string of the molecule is CC(=O)O[C@H]1C[C@H]2[C@@H](CC[C@]3(C)[C@H]([C@]4(C)CC[C@@H](C(C)(C)O)O4)[C@H](O)C[C@]23C)[C@@]2(C)CC[C@H](OC(C)=O)C(C)(C)[C@H]12. The predicted octanol–water partition coefficient (Wildman–Crippen LogP) is 5.82. The molecule has 234 valence electrons. The van der Waals surface area contributed by atoms with Crippen LogP contribution in [-0.4, -0.2) is 57.8 Å². The van der Waals surface area contributed by atoms with Crippen LogP contribution in [0, 0.1) is 45.3 Å². The first-order valence-corrected chi connectivity index (χ1v) is 16.1. The number of hydrogen-bond donors (Lipinski definition) is 2. The van der Waals surface area contributed by atoms with Crippen LogP contribution in [0.5, 0.6) is 0 Å². The lowest BCUT2D eigenvalue weighted by Crippen LogP contribution is -2.66. The Morgan fingerprint density at radius 2 is 1.46 bits per heavy atom. The highest BCUT2D eigenvalue weighted by molar-refractivity contribution is 5.66. The number of ether oxygens (including phenoxy) is 3. The van der Waals surface area contributed by atoms with Gasteiger partial charge in [-0.15, -0.1) is 0 Å². The summed E-state index contributed by atoms with van der Waals surface area (Å²) < 4.78 is 18.8. The lowest BCUT2D eigenvalue weighted by Gasteiger charge is -2.68. The standard InChI is InChI=1S/C34H56O7/c1-19(35)39-24-17-22-21(31(7)14-12-25(40-20(2)36)29(3,4)28(24)31)11-15-32(8)27(23(37)18-33(22,32)9)34(10)16-13-26(41-34)30(5,6)38/h21-28,37-38H,11-18H2,1-10H3/t21-,22+,23-,24+,25+,26+,27-,28+,31-,32-,33-,34+/m1/s1. The number of carbonyl (C=O) groups excluding carboxylic acids is 2. The van der Waals surface area contributed by atoms with Gasteiger partial charge in [-0.05, 0) is 100 Å². The molecule has 0 spiro atoms. The van der Waals surface area contributed by atoms with Crippen LogP contribution in [0.4, 0.5) is 0 Å². The minimum atomic E-state index is -0.925. The van der Waals surface area contributed by atoms with Crippen molar-refractivity contribution in [3.8, 4) is 0 Å². The Morgan fingerprint density at radius 1 is 0.829 bits per heavy atom. The number of hydrogen-bond acceptors (Lipinski definition) is 7.